The van der Waals surface area contributed by atoms with Crippen molar-refractivity contribution in [1.82, 2.24) is 10.6 Å². The molecule has 2 aromatic rings. The van der Waals surface area contributed by atoms with Crippen LogP contribution in [0.25, 0.3) is 11.1 Å². The van der Waals surface area contributed by atoms with E-state index < -0.39 is 29.6 Å². The van der Waals surface area contributed by atoms with Crippen molar-refractivity contribution in [3.63, 3.8) is 0 Å². The quantitative estimate of drug-likeness (QED) is 0.586. The number of ether oxygens (including phenoxy) is 1. The first-order chi connectivity index (χ1) is 15.3. The van der Waals surface area contributed by atoms with Gasteiger partial charge in [0.15, 0.2) is 0 Å². The van der Waals surface area contributed by atoms with Gasteiger partial charge in [0.25, 0.3) is 0 Å². The lowest BCUT2D eigenvalue weighted by atomic mass is 9.91. The molecule has 4 rings (SSSR count). The van der Waals surface area contributed by atoms with E-state index in [4.69, 9.17) is 4.74 Å². The maximum Gasteiger partial charge on any atom is 0.407 e. The van der Waals surface area contributed by atoms with Gasteiger partial charge in [-0.1, -0.05) is 48.5 Å². The van der Waals surface area contributed by atoms with Crippen LogP contribution in [0.3, 0.4) is 0 Å². The highest BCUT2D eigenvalue weighted by atomic mass is 16.5. The van der Waals surface area contributed by atoms with Gasteiger partial charge < -0.3 is 20.5 Å². The van der Waals surface area contributed by atoms with Gasteiger partial charge in [0.05, 0.1) is 12.0 Å². The van der Waals surface area contributed by atoms with Crippen LogP contribution in [0.5, 0.6) is 0 Å². The highest BCUT2D eigenvalue weighted by Crippen LogP contribution is 2.44. The number of hydrogen-bond donors (Lipinski definition) is 3. The molecule has 0 aromatic heterocycles. The molecule has 2 unspecified atom stereocenters. The van der Waals surface area contributed by atoms with Crippen molar-refractivity contribution >= 4 is 18.0 Å². The topological polar surface area (TPSA) is 105 Å². The first kappa shape index (κ1) is 21.9. The number of alkyl carbamates (subject to hydrolysis) is 1. The summed E-state index contributed by atoms with van der Waals surface area (Å²) in [5, 5.41) is 14.6. The van der Waals surface area contributed by atoms with Gasteiger partial charge in [0, 0.05) is 5.92 Å². The Balaban J connectivity index is 1.35. The number of carboxylic acid groups (broad SMARTS) is 1. The maximum atomic E-state index is 12.6. The summed E-state index contributed by atoms with van der Waals surface area (Å²) in [7, 11) is 0. The molecule has 32 heavy (non-hydrogen) atoms. The van der Waals surface area contributed by atoms with E-state index in [1.807, 2.05) is 36.4 Å². The minimum atomic E-state index is -0.961. The number of carboxylic acids is 1. The van der Waals surface area contributed by atoms with Crippen molar-refractivity contribution in [2.75, 3.05) is 6.61 Å². The zero-order chi connectivity index (χ0) is 22.9. The highest BCUT2D eigenvalue weighted by molar-refractivity contribution is 5.86. The van der Waals surface area contributed by atoms with Crippen LogP contribution in [-0.2, 0) is 14.3 Å². The van der Waals surface area contributed by atoms with Gasteiger partial charge in [-0.15, -0.1) is 0 Å². The van der Waals surface area contributed by atoms with Crippen LogP contribution in [0.4, 0.5) is 4.79 Å². The first-order valence-corrected chi connectivity index (χ1v) is 10.9. The molecule has 0 heterocycles. The van der Waals surface area contributed by atoms with Crippen molar-refractivity contribution in [2.24, 2.45) is 5.92 Å². The highest BCUT2D eigenvalue weighted by Gasteiger charge is 2.44. The molecule has 168 valence electrons. The normalized spacial score (nSPS) is 17.4. The number of fused-ring (bicyclic) bond motifs is 3. The zero-order valence-electron chi connectivity index (χ0n) is 18.3. The SMILES string of the molecule is CC(NC(=O)OCC1c2ccccc2-c2ccccc21)C(=O)NC(C)(CC(=O)O)C1CC1. The number of rotatable bonds is 8. The molecular weight excluding hydrogens is 408 g/mol. The summed E-state index contributed by atoms with van der Waals surface area (Å²) in [6.45, 7) is 3.47. The molecule has 2 aliphatic carbocycles. The van der Waals surface area contributed by atoms with E-state index >= 15 is 0 Å². The molecule has 2 atom stereocenters. The zero-order valence-corrected chi connectivity index (χ0v) is 18.3. The largest absolute Gasteiger partial charge is 0.481 e. The van der Waals surface area contributed by atoms with Gasteiger partial charge >= 0.3 is 12.1 Å². The Kier molecular flexibility index (Phi) is 5.91. The monoisotopic (exact) mass is 436 g/mol. The fraction of sp³-hybridized carbons (Fsp3) is 0.400. The fourth-order valence-corrected chi connectivity index (χ4v) is 4.60. The Labute approximate surface area is 187 Å². The standard InChI is InChI=1S/C25H28N2O5/c1-15(23(30)27-25(2,13-22(28)29)16-11-12-16)26-24(31)32-14-21-19-9-5-3-7-17(19)18-8-4-6-10-20(18)21/h3-10,15-16,21H,11-14H2,1-2H3,(H,26,31)(H,27,30)(H,28,29). The lowest BCUT2D eigenvalue weighted by molar-refractivity contribution is -0.139. The van der Waals surface area contributed by atoms with Gasteiger partial charge in [0.2, 0.25) is 5.91 Å². The van der Waals surface area contributed by atoms with E-state index in [0.29, 0.717) is 0 Å². The van der Waals surface area contributed by atoms with E-state index in [0.717, 1.165) is 35.1 Å². The number of nitrogens with one attached hydrogen (secondary N) is 2. The van der Waals surface area contributed by atoms with Crippen molar-refractivity contribution in [2.45, 2.75) is 50.6 Å². The van der Waals surface area contributed by atoms with Crippen molar-refractivity contribution in [3.8, 4) is 11.1 Å². The lowest BCUT2D eigenvalue weighted by Gasteiger charge is -2.31. The number of carbonyl (C=O) groups is 3. The molecule has 3 N–H and O–H groups in total. The number of hydrogen-bond acceptors (Lipinski definition) is 4. The fourth-order valence-electron chi connectivity index (χ4n) is 4.60. The van der Waals surface area contributed by atoms with Gasteiger partial charge in [-0.25, -0.2) is 4.79 Å². The van der Waals surface area contributed by atoms with Crippen LogP contribution in [-0.4, -0.2) is 41.3 Å². The second kappa shape index (κ2) is 8.65. The predicted octanol–water partition coefficient (Wildman–Crippen LogP) is 3.67. The predicted molar refractivity (Wildman–Crippen MR) is 119 cm³/mol. The molecule has 0 saturated heterocycles. The summed E-state index contributed by atoms with van der Waals surface area (Å²) >= 11 is 0. The lowest BCUT2D eigenvalue weighted by Crippen LogP contribution is -2.55. The number of aliphatic carboxylic acids is 1. The molecule has 2 aromatic carbocycles. The molecule has 1 fully saturated rings. The molecule has 0 bridgehead atoms. The third kappa shape index (κ3) is 4.47. The minimum Gasteiger partial charge on any atom is -0.481 e. The van der Waals surface area contributed by atoms with Crippen LogP contribution in [0.2, 0.25) is 0 Å². The van der Waals surface area contributed by atoms with E-state index in [1.54, 1.807) is 13.8 Å². The molecule has 0 radical (unpaired) electrons. The second-order valence-electron chi connectivity index (χ2n) is 8.94. The average Bonchev–Trinajstić information content (AvgIpc) is 3.56. The van der Waals surface area contributed by atoms with E-state index in [-0.39, 0.29) is 24.9 Å². The first-order valence-electron chi connectivity index (χ1n) is 10.9. The van der Waals surface area contributed by atoms with Crippen LogP contribution < -0.4 is 10.6 Å². The Morgan fingerprint density at radius 1 is 1.06 bits per heavy atom. The third-order valence-electron chi connectivity index (χ3n) is 6.48. The van der Waals surface area contributed by atoms with Crippen LogP contribution in [0.1, 0.15) is 50.2 Å². The van der Waals surface area contributed by atoms with Gasteiger partial charge in [-0.2, -0.15) is 0 Å². The maximum absolute atomic E-state index is 12.6. The Bertz CT molecular complexity index is 1000. The van der Waals surface area contributed by atoms with E-state index in [2.05, 4.69) is 22.8 Å². The summed E-state index contributed by atoms with van der Waals surface area (Å²) in [4.78, 5) is 36.3. The van der Waals surface area contributed by atoms with Crippen molar-refractivity contribution < 1.29 is 24.2 Å². The Morgan fingerprint density at radius 2 is 1.62 bits per heavy atom. The van der Waals surface area contributed by atoms with Crippen molar-refractivity contribution in [1.29, 1.82) is 0 Å². The molecule has 1 saturated carbocycles. The molecule has 2 aliphatic rings. The molecule has 0 aliphatic heterocycles. The van der Waals surface area contributed by atoms with Gasteiger partial charge in [0.1, 0.15) is 12.6 Å². The number of benzene rings is 2. The molecule has 7 nitrogen and oxygen atoms in total. The second-order valence-corrected chi connectivity index (χ2v) is 8.94. The third-order valence-corrected chi connectivity index (χ3v) is 6.48. The van der Waals surface area contributed by atoms with Gasteiger partial charge in [-0.3, -0.25) is 9.59 Å². The van der Waals surface area contributed by atoms with E-state index in [9.17, 15) is 19.5 Å². The summed E-state index contributed by atoms with van der Waals surface area (Å²) in [6.07, 6.45) is 0.943. The number of carbonyl (C=O) groups excluding carboxylic acids is 2. The molecular formula is C25H28N2O5. The average molecular weight is 437 g/mol. The minimum absolute atomic E-state index is 0.0639. The smallest absolute Gasteiger partial charge is 0.407 e. The van der Waals surface area contributed by atoms with Crippen molar-refractivity contribution in [3.05, 3.63) is 59.7 Å². The summed E-state index contributed by atoms with van der Waals surface area (Å²) in [6, 6.07) is 15.3. The molecule has 0 spiro atoms. The van der Waals surface area contributed by atoms with E-state index in [1.165, 1.54) is 0 Å². The van der Waals surface area contributed by atoms with Gasteiger partial charge in [-0.05, 0) is 54.9 Å². The molecule has 7 heteroatoms. The Morgan fingerprint density at radius 3 is 2.16 bits per heavy atom. The number of amides is 2. The van der Waals surface area contributed by atoms with Crippen LogP contribution >= 0.6 is 0 Å². The molecule has 2 amide bonds. The summed E-state index contributed by atoms with van der Waals surface area (Å²) in [5.74, 6) is -1.30. The van der Waals surface area contributed by atoms with Crippen LogP contribution in [0.15, 0.2) is 48.5 Å². The Hall–Kier alpha value is -3.35. The van der Waals surface area contributed by atoms with Crippen LogP contribution in [0, 0.1) is 5.92 Å². The summed E-state index contributed by atoms with van der Waals surface area (Å²) in [5.41, 5.74) is 3.69. The summed E-state index contributed by atoms with van der Waals surface area (Å²) < 4.78 is 5.49.